The Bertz CT molecular complexity index is 169. The second-order valence-electron chi connectivity index (χ2n) is 1.98. The molecular weight excluding hydrogens is 180 g/mol. The van der Waals surface area contributed by atoms with Crippen molar-refractivity contribution in [1.82, 2.24) is 0 Å². The Kier molecular flexibility index (Phi) is 5.53. The van der Waals surface area contributed by atoms with Gasteiger partial charge in [0, 0.05) is 19.6 Å². The lowest BCUT2D eigenvalue weighted by Crippen LogP contribution is -2.18. The quantitative estimate of drug-likeness (QED) is 0.504. The molecule has 0 bridgehead atoms. The fourth-order valence-corrected chi connectivity index (χ4v) is 0.984. The Balaban J connectivity index is 3.61. The van der Waals surface area contributed by atoms with Gasteiger partial charge in [-0.25, -0.2) is 4.79 Å². The smallest absolute Gasteiger partial charge is 0.370 e. The van der Waals surface area contributed by atoms with Crippen LogP contribution in [0.3, 0.4) is 0 Å². The molecule has 0 aliphatic carbocycles. The molecule has 0 fully saturated rings. The highest BCUT2D eigenvalue weighted by Gasteiger charge is 2.10. The highest BCUT2D eigenvalue weighted by Crippen LogP contribution is 2.07. The molecule has 0 aromatic rings. The second kappa shape index (κ2) is 5.88. The van der Waals surface area contributed by atoms with Crippen LogP contribution in [0, 0.1) is 0 Å². The van der Waals surface area contributed by atoms with Crippen molar-refractivity contribution in [1.29, 1.82) is 0 Å². The molecule has 0 saturated heterocycles. The summed E-state index contributed by atoms with van der Waals surface area (Å²) >= 11 is 1.03. The summed E-state index contributed by atoms with van der Waals surface area (Å²) in [5.41, 5.74) is 0. The molecule has 5 heteroatoms. The fourth-order valence-electron chi connectivity index (χ4n) is 0.545. The third kappa shape index (κ3) is 6.03. The number of carbonyl (C=O) groups is 2. The maximum atomic E-state index is 10.8. The predicted octanol–water partition coefficient (Wildman–Crippen LogP) is 1.79. The zero-order valence-corrected chi connectivity index (χ0v) is 8.14. The number of esters is 1. The Morgan fingerprint density at radius 3 is 2.42 bits per heavy atom. The summed E-state index contributed by atoms with van der Waals surface area (Å²) in [5.74, 6) is 0.183. The topological polar surface area (TPSA) is 52.6 Å². The van der Waals surface area contributed by atoms with Crippen molar-refractivity contribution < 1.29 is 19.1 Å². The molecule has 0 aliphatic rings. The standard InChI is InChI=1S/C7H12O4S/c1-4-12-7(9)11-6(3)10-5(2)8/h6H,4H2,1-3H3/t6-/m0/s1. The van der Waals surface area contributed by atoms with E-state index in [0.29, 0.717) is 5.75 Å². The average Bonchev–Trinajstić information content (AvgIpc) is 1.84. The van der Waals surface area contributed by atoms with E-state index >= 15 is 0 Å². The number of ether oxygens (including phenoxy) is 2. The van der Waals surface area contributed by atoms with Gasteiger partial charge in [0.1, 0.15) is 0 Å². The van der Waals surface area contributed by atoms with E-state index in [9.17, 15) is 9.59 Å². The van der Waals surface area contributed by atoms with Gasteiger partial charge in [-0.05, 0) is 11.8 Å². The van der Waals surface area contributed by atoms with Crippen molar-refractivity contribution >= 4 is 23.0 Å². The summed E-state index contributed by atoms with van der Waals surface area (Å²) in [6.07, 6.45) is -0.797. The lowest BCUT2D eigenvalue weighted by atomic mass is 10.7. The molecule has 0 spiro atoms. The van der Waals surface area contributed by atoms with Crippen molar-refractivity contribution in [3.8, 4) is 0 Å². The lowest BCUT2D eigenvalue weighted by molar-refractivity contribution is -0.160. The van der Waals surface area contributed by atoms with Crippen LogP contribution >= 0.6 is 11.8 Å². The maximum Gasteiger partial charge on any atom is 0.370 e. The van der Waals surface area contributed by atoms with E-state index in [1.54, 1.807) is 0 Å². The van der Waals surface area contributed by atoms with E-state index in [2.05, 4.69) is 9.47 Å². The third-order valence-corrected chi connectivity index (χ3v) is 1.48. The molecule has 0 aromatic carbocycles. The van der Waals surface area contributed by atoms with Crippen LogP contribution in [0.2, 0.25) is 0 Å². The molecule has 0 N–H and O–H groups in total. The molecule has 0 unspecified atom stereocenters. The second-order valence-corrected chi connectivity index (χ2v) is 3.18. The number of hydrogen-bond donors (Lipinski definition) is 0. The van der Waals surface area contributed by atoms with Gasteiger partial charge < -0.3 is 9.47 Å². The summed E-state index contributed by atoms with van der Waals surface area (Å²) in [4.78, 5) is 21.2. The molecule has 0 radical (unpaired) electrons. The van der Waals surface area contributed by atoms with Gasteiger partial charge in [-0.2, -0.15) is 0 Å². The minimum Gasteiger partial charge on any atom is -0.426 e. The molecule has 0 rings (SSSR count). The van der Waals surface area contributed by atoms with Crippen molar-refractivity contribution in [2.24, 2.45) is 0 Å². The van der Waals surface area contributed by atoms with E-state index in [0.717, 1.165) is 11.8 Å². The number of carbonyl (C=O) groups excluding carboxylic acids is 2. The van der Waals surface area contributed by atoms with Crippen molar-refractivity contribution in [2.75, 3.05) is 5.75 Å². The van der Waals surface area contributed by atoms with Gasteiger partial charge in [0.2, 0.25) is 6.29 Å². The first-order valence-electron chi connectivity index (χ1n) is 3.57. The summed E-state index contributed by atoms with van der Waals surface area (Å²) in [6, 6.07) is 0. The SMILES string of the molecule is CCSC(=O)O[C@@H](C)OC(C)=O. The van der Waals surface area contributed by atoms with Crippen molar-refractivity contribution in [2.45, 2.75) is 27.1 Å². The Morgan fingerprint density at radius 2 is 2.00 bits per heavy atom. The van der Waals surface area contributed by atoms with Gasteiger partial charge in [0.05, 0.1) is 0 Å². The van der Waals surface area contributed by atoms with Crippen LogP contribution in [-0.4, -0.2) is 23.3 Å². The Labute approximate surface area is 75.6 Å². The molecule has 0 aromatic heterocycles. The van der Waals surface area contributed by atoms with Crippen LogP contribution in [0.25, 0.3) is 0 Å². The Hall–Kier alpha value is -0.710. The lowest BCUT2D eigenvalue weighted by Gasteiger charge is -2.11. The first-order chi connectivity index (χ1) is 5.56. The molecule has 70 valence electrons. The molecule has 4 nitrogen and oxygen atoms in total. The van der Waals surface area contributed by atoms with Gasteiger partial charge in [-0.15, -0.1) is 0 Å². The van der Waals surface area contributed by atoms with Gasteiger partial charge in [0.15, 0.2) is 0 Å². The largest absolute Gasteiger partial charge is 0.426 e. The first kappa shape index (κ1) is 11.3. The van der Waals surface area contributed by atoms with Gasteiger partial charge >= 0.3 is 11.3 Å². The minimum absolute atomic E-state index is 0.425. The maximum absolute atomic E-state index is 10.8. The molecule has 0 aliphatic heterocycles. The summed E-state index contributed by atoms with van der Waals surface area (Å²) in [6.45, 7) is 4.59. The summed E-state index contributed by atoms with van der Waals surface area (Å²) in [5, 5.41) is -0.425. The van der Waals surface area contributed by atoms with Gasteiger partial charge in [-0.1, -0.05) is 6.92 Å². The van der Waals surface area contributed by atoms with E-state index in [1.165, 1.54) is 13.8 Å². The number of thioether (sulfide) groups is 1. The van der Waals surface area contributed by atoms with Crippen LogP contribution in [0.4, 0.5) is 4.79 Å². The highest BCUT2D eigenvalue weighted by molar-refractivity contribution is 8.13. The summed E-state index contributed by atoms with van der Waals surface area (Å²) in [7, 11) is 0. The van der Waals surface area contributed by atoms with Crippen LogP contribution in [0.1, 0.15) is 20.8 Å². The molecule has 0 saturated carbocycles. The van der Waals surface area contributed by atoms with E-state index in [-0.39, 0.29) is 0 Å². The van der Waals surface area contributed by atoms with Crippen LogP contribution in [0.15, 0.2) is 0 Å². The normalized spacial score (nSPS) is 11.9. The van der Waals surface area contributed by atoms with E-state index < -0.39 is 17.6 Å². The Morgan fingerprint density at radius 1 is 1.42 bits per heavy atom. The molecular formula is C7H12O4S. The molecule has 0 heterocycles. The van der Waals surface area contributed by atoms with E-state index in [1.807, 2.05) is 6.92 Å². The van der Waals surface area contributed by atoms with Crippen LogP contribution in [0.5, 0.6) is 0 Å². The van der Waals surface area contributed by atoms with Crippen LogP contribution < -0.4 is 0 Å². The predicted molar refractivity (Wildman–Crippen MR) is 45.8 cm³/mol. The third-order valence-electron chi connectivity index (χ3n) is 0.856. The fraction of sp³-hybridized carbons (Fsp3) is 0.714. The summed E-state index contributed by atoms with van der Waals surface area (Å²) < 4.78 is 9.25. The molecule has 0 amide bonds. The van der Waals surface area contributed by atoms with Gasteiger partial charge in [-0.3, -0.25) is 4.79 Å². The number of hydrogen-bond acceptors (Lipinski definition) is 5. The zero-order valence-electron chi connectivity index (χ0n) is 7.33. The van der Waals surface area contributed by atoms with Crippen molar-refractivity contribution in [3.63, 3.8) is 0 Å². The average molecular weight is 192 g/mol. The minimum atomic E-state index is -0.797. The molecule has 1 atom stereocenters. The first-order valence-corrected chi connectivity index (χ1v) is 4.55. The van der Waals surface area contributed by atoms with Crippen molar-refractivity contribution in [3.05, 3.63) is 0 Å². The molecule has 12 heavy (non-hydrogen) atoms. The van der Waals surface area contributed by atoms with Crippen LogP contribution in [-0.2, 0) is 14.3 Å². The zero-order chi connectivity index (χ0) is 9.56. The van der Waals surface area contributed by atoms with E-state index in [4.69, 9.17) is 0 Å². The monoisotopic (exact) mass is 192 g/mol. The van der Waals surface area contributed by atoms with Gasteiger partial charge in [0.25, 0.3) is 0 Å². The highest BCUT2D eigenvalue weighted by atomic mass is 32.2. The number of rotatable bonds is 3.